The molecule has 19 heavy (non-hydrogen) atoms. The molecule has 2 atom stereocenters. The molecule has 4 nitrogen and oxygen atoms in total. The van der Waals surface area contributed by atoms with E-state index < -0.39 is 5.97 Å². The van der Waals surface area contributed by atoms with Crippen molar-refractivity contribution in [3.05, 3.63) is 48.6 Å². The van der Waals surface area contributed by atoms with E-state index in [1.807, 2.05) is 30.3 Å². The Hall–Kier alpha value is -2.10. The molecule has 0 saturated carbocycles. The van der Waals surface area contributed by atoms with Crippen LogP contribution in [0.2, 0.25) is 0 Å². The molecule has 0 aliphatic carbocycles. The Balaban J connectivity index is 2.55. The van der Waals surface area contributed by atoms with Gasteiger partial charge in [-0.15, -0.1) is 6.58 Å². The largest absolute Gasteiger partial charge is 0.481 e. The highest BCUT2D eigenvalue weighted by Crippen LogP contribution is 2.20. The molecule has 0 aromatic heterocycles. The number of amides is 1. The highest BCUT2D eigenvalue weighted by atomic mass is 16.4. The van der Waals surface area contributed by atoms with Gasteiger partial charge in [0.2, 0.25) is 5.91 Å². The normalized spacial score (nSPS) is 13.3. The van der Waals surface area contributed by atoms with Crippen molar-refractivity contribution in [2.24, 2.45) is 0 Å². The number of benzene rings is 1. The molecule has 0 bridgehead atoms. The van der Waals surface area contributed by atoms with Crippen LogP contribution in [-0.2, 0) is 9.59 Å². The maximum Gasteiger partial charge on any atom is 0.305 e. The molecule has 1 aromatic carbocycles. The van der Waals surface area contributed by atoms with Crippen molar-refractivity contribution in [3.8, 4) is 0 Å². The van der Waals surface area contributed by atoms with E-state index >= 15 is 0 Å². The lowest BCUT2D eigenvalue weighted by Crippen LogP contribution is -2.34. The first-order valence-corrected chi connectivity index (χ1v) is 6.21. The molecule has 0 aliphatic heterocycles. The Kier molecular flexibility index (Phi) is 5.79. The summed E-state index contributed by atoms with van der Waals surface area (Å²) in [6.45, 7) is 5.42. The SMILES string of the molecule is C=CC(CC(=O)NC(C)CC(=O)O)c1ccccc1. The number of carbonyl (C=O) groups excluding carboxylic acids is 1. The number of carboxylic acids is 1. The Morgan fingerprint density at radius 3 is 2.47 bits per heavy atom. The third-order valence-corrected chi connectivity index (χ3v) is 2.81. The second-order valence-corrected chi connectivity index (χ2v) is 4.52. The Morgan fingerprint density at radius 2 is 1.95 bits per heavy atom. The lowest BCUT2D eigenvalue weighted by atomic mass is 9.95. The van der Waals surface area contributed by atoms with Gasteiger partial charge in [-0.25, -0.2) is 0 Å². The number of nitrogens with one attached hydrogen (secondary N) is 1. The molecular weight excluding hydrogens is 242 g/mol. The summed E-state index contributed by atoms with van der Waals surface area (Å²) in [7, 11) is 0. The zero-order valence-electron chi connectivity index (χ0n) is 11.0. The molecule has 0 spiro atoms. The van der Waals surface area contributed by atoms with Crippen LogP contribution in [0.4, 0.5) is 0 Å². The second-order valence-electron chi connectivity index (χ2n) is 4.52. The smallest absolute Gasteiger partial charge is 0.305 e. The number of allylic oxidation sites excluding steroid dienone is 1. The van der Waals surface area contributed by atoms with Gasteiger partial charge in [-0.1, -0.05) is 36.4 Å². The monoisotopic (exact) mass is 261 g/mol. The number of rotatable bonds is 7. The molecule has 1 rings (SSSR count). The number of hydrogen-bond donors (Lipinski definition) is 2. The van der Waals surface area contributed by atoms with Gasteiger partial charge in [-0.3, -0.25) is 9.59 Å². The molecule has 1 amide bonds. The van der Waals surface area contributed by atoms with Crippen molar-refractivity contribution in [2.75, 3.05) is 0 Å². The zero-order valence-corrected chi connectivity index (χ0v) is 11.0. The predicted molar refractivity (Wildman–Crippen MR) is 73.9 cm³/mol. The van der Waals surface area contributed by atoms with E-state index in [0.29, 0.717) is 0 Å². The number of hydrogen-bond acceptors (Lipinski definition) is 2. The average Bonchev–Trinajstić information content (AvgIpc) is 2.35. The highest BCUT2D eigenvalue weighted by molar-refractivity contribution is 5.78. The van der Waals surface area contributed by atoms with Crippen LogP contribution in [0, 0.1) is 0 Å². The van der Waals surface area contributed by atoms with Crippen molar-refractivity contribution < 1.29 is 14.7 Å². The first kappa shape index (κ1) is 15.0. The molecule has 102 valence electrons. The van der Waals surface area contributed by atoms with Crippen LogP contribution in [0.5, 0.6) is 0 Å². The van der Waals surface area contributed by atoms with Gasteiger partial charge in [0, 0.05) is 18.4 Å². The summed E-state index contributed by atoms with van der Waals surface area (Å²) in [5.74, 6) is -1.14. The standard InChI is InChI=1S/C15H19NO3/c1-3-12(13-7-5-4-6-8-13)10-14(17)16-11(2)9-15(18)19/h3-8,11-12H,1,9-10H2,2H3,(H,16,17)(H,18,19). The van der Waals surface area contributed by atoms with Crippen molar-refractivity contribution in [2.45, 2.75) is 31.7 Å². The van der Waals surface area contributed by atoms with Crippen molar-refractivity contribution in [1.82, 2.24) is 5.32 Å². The van der Waals surface area contributed by atoms with Crippen LogP contribution in [0.1, 0.15) is 31.2 Å². The fraction of sp³-hybridized carbons (Fsp3) is 0.333. The first-order valence-electron chi connectivity index (χ1n) is 6.21. The van der Waals surface area contributed by atoms with Gasteiger partial charge in [0.1, 0.15) is 0 Å². The zero-order chi connectivity index (χ0) is 14.3. The van der Waals surface area contributed by atoms with Gasteiger partial charge in [0.15, 0.2) is 0 Å². The van der Waals surface area contributed by atoms with Crippen molar-refractivity contribution >= 4 is 11.9 Å². The van der Waals surface area contributed by atoms with Crippen LogP contribution < -0.4 is 5.32 Å². The Morgan fingerprint density at radius 1 is 1.32 bits per heavy atom. The third-order valence-electron chi connectivity index (χ3n) is 2.81. The molecular formula is C15H19NO3. The van der Waals surface area contributed by atoms with E-state index in [-0.39, 0.29) is 30.7 Å². The summed E-state index contributed by atoms with van der Waals surface area (Å²) in [6, 6.07) is 9.26. The van der Waals surface area contributed by atoms with E-state index in [9.17, 15) is 9.59 Å². The molecule has 0 fully saturated rings. The maximum absolute atomic E-state index is 11.8. The highest BCUT2D eigenvalue weighted by Gasteiger charge is 2.15. The summed E-state index contributed by atoms with van der Waals surface area (Å²) in [4.78, 5) is 22.3. The minimum absolute atomic E-state index is 0.0572. The van der Waals surface area contributed by atoms with Crippen LogP contribution in [0.25, 0.3) is 0 Å². The summed E-state index contributed by atoms with van der Waals surface area (Å²) in [5.41, 5.74) is 1.03. The second kappa shape index (κ2) is 7.36. The fourth-order valence-electron chi connectivity index (χ4n) is 1.88. The summed E-state index contributed by atoms with van der Waals surface area (Å²) in [6.07, 6.45) is 1.93. The predicted octanol–water partition coefficient (Wildman–Crippen LogP) is 2.33. The van der Waals surface area contributed by atoms with Gasteiger partial charge in [-0.05, 0) is 12.5 Å². The lowest BCUT2D eigenvalue weighted by Gasteiger charge is -2.15. The van der Waals surface area contributed by atoms with Crippen LogP contribution >= 0.6 is 0 Å². The minimum Gasteiger partial charge on any atom is -0.481 e. The van der Waals surface area contributed by atoms with Crippen LogP contribution in [0.15, 0.2) is 43.0 Å². The molecule has 0 aliphatic rings. The molecule has 4 heteroatoms. The van der Waals surface area contributed by atoms with E-state index in [4.69, 9.17) is 5.11 Å². The summed E-state index contributed by atoms with van der Waals surface area (Å²) < 4.78 is 0. The fourth-order valence-corrected chi connectivity index (χ4v) is 1.88. The maximum atomic E-state index is 11.8. The average molecular weight is 261 g/mol. The van der Waals surface area contributed by atoms with Gasteiger partial charge >= 0.3 is 5.97 Å². The number of carboxylic acid groups (broad SMARTS) is 1. The van der Waals surface area contributed by atoms with E-state index in [1.165, 1.54) is 0 Å². The van der Waals surface area contributed by atoms with Gasteiger partial charge in [0.25, 0.3) is 0 Å². The molecule has 1 aromatic rings. The molecule has 0 heterocycles. The van der Waals surface area contributed by atoms with Crippen molar-refractivity contribution in [1.29, 1.82) is 0 Å². The van der Waals surface area contributed by atoms with Gasteiger partial charge < -0.3 is 10.4 Å². The Labute approximate surface area is 113 Å². The van der Waals surface area contributed by atoms with Crippen molar-refractivity contribution in [3.63, 3.8) is 0 Å². The molecule has 0 saturated heterocycles. The van der Waals surface area contributed by atoms with Gasteiger partial charge in [-0.2, -0.15) is 0 Å². The minimum atomic E-state index is -0.920. The third kappa shape index (κ3) is 5.38. The summed E-state index contributed by atoms with van der Waals surface area (Å²) >= 11 is 0. The number of carbonyl (C=O) groups is 2. The lowest BCUT2D eigenvalue weighted by molar-refractivity contribution is -0.137. The molecule has 0 radical (unpaired) electrons. The Bertz CT molecular complexity index is 442. The number of aliphatic carboxylic acids is 1. The van der Waals surface area contributed by atoms with E-state index in [1.54, 1.807) is 13.0 Å². The molecule has 2 N–H and O–H groups in total. The summed E-state index contributed by atoms with van der Waals surface area (Å²) in [5, 5.41) is 11.3. The molecule has 2 unspecified atom stereocenters. The van der Waals surface area contributed by atoms with Gasteiger partial charge in [0.05, 0.1) is 6.42 Å². The van der Waals surface area contributed by atoms with E-state index in [2.05, 4.69) is 11.9 Å². The van der Waals surface area contributed by atoms with Crippen LogP contribution in [-0.4, -0.2) is 23.0 Å². The van der Waals surface area contributed by atoms with E-state index in [0.717, 1.165) is 5.56 Å². The van der Waals surface area contributed by atoms with Crippen LogP contribution in [0.3, 0.4) is 0 Å². The topological polar surface area (TPSA) is 66.4 Å². The quantitative estimate of drug-likeness (QED) is 0.740. The first-order chi connectivity index (χ1) is 9.02.